The van der Waals surface area contributed by atoms with Crippen LogP contribution in [-0.2, 0) is 23.6 Å². The van der Waals surface area contributed by atoms with Crippen molar-refractivity contribution in [2.75, 3.05) is 0 Å². The van der Waals surface area contributed by atoms with Crippen LogP contribution < -0.4 is 5.50 Å². The van der Waals surface area contributed by atoms with E-state index in [4.69, 9.17) is 15.0 Å². The molecular formula is C12H25N2O6P. The molecule has 8 nitrogen and oxygen atoms in total. The largest absolute Gasteiger partial charge is 0.462 e. The normalized spacial score (nSPS) is 17.5. The van der Waals surface area contributed by atoms with Crippen molar-refractivity contribution in [3.8, 4) is 0 Å². The van der Waals surface area contributed by atoms with Gasteiger partial charge in [-0.3, -0.25) is 14.2 Å². The van der Waals surface area contributed by atoms with Crippen LogP contribution in [0.1, 0.15) is 41.5 Å². The first-order valence-corrected chi connectivity index (χ1v) is 8.37. The second kappa shape index (κ2) is 7.89. The summed E-state index contributed by atoms with van der Waals surface area (Å²) in [5.74, 6) is -1.48. The fourth-order valence-corrected chi connectivity index (χ4v) is 2.89. The lowest BCUT2D eigenvalue weighted by molar-refractivity contribution is -0.157. The molecule has 0 aromatic rings. The lowest BCUT2D eigenvalue weighted by atomic mass is 10.2. The number of hydrogen-bond acceptors (Lipinski definition) is 5. The second-order valence-corrected chi connectivity index (χ2v) is 6.93. The summed E-state index contributed by atoms with van der Waals surface area (Å²) in [4.78, 5) is 33.4. The molecule has 0 aliphatic rings. The average molecular weight is 324 g/mol. The number of hydrogen-bond donors (Lipinski definition) is 2. The minimum atomic E-state index is -4.35. The Hall–Kier alpha value is -0.950. The lowest BCUT2D eigenvalue weighted by Crippen LogP contribution is -2.48. The highest BCUT2D eigenvalue weighted by Crippen LogP contribution is 2.40. The van der Waals surface area contributed by atoms with Crippen LogP contribution in [0.4, 0.5) is 0 Å². The Labute approximate surface area is 125 Å². The molecule has 0 saturated heterocycles. The molecule has 9 heteroatoms. The van der Waals surface area contributed by atoms with Crippen LogP contribution >= 0.6 is 7.67 Å². The Morgan fingerprint density at radius 1 is 0.952 bits per heavy atom. The molecule has 3 N–H and O–H groups in total. The topological polar surface area (TPSA) is 119 Å². The van der Waals surface area contributed by atoms with Gasteiger partial charge in [-0.25, -0.2) is 5.50 Å². The smallest absolute Gasteiger partial charge is 0.339 e. The minimum absolute atomic E-state index is 0.393. The van der Waals surface area contributed by atoms with E-state index in [-0.39, 0.29) is 0 Å². The summed E-state index contributed by atoms with van der Waals surface area (Å²) >= 11 is 0. The molecule has 0 aromatic carbocycles. The van der Waals surface area contributed by atoms with Crippen molar-refractivity contribution in [2.45, 2.75) is 65.8 Å². The van der Waals surface area contributed by atoms with Crippen molar-refractivity contribution in [1.29, 1.82) is 0 Å². The van der Waals surface area contributed by atoms with E-state index in [9.17, 15) is 19.0 Å². The summed E-state index contributed by atoms with van der Waals surface area (Å²) < 4.78 is 22.5. The number of carbonyl (C=O) groups is 2. The molecule has 0 rings (SSSR count). The van der Waals surface area contributed by atoms with Crippen LogP contribution in [0.3, 0.4) is 0 Å². The molecule has 0 spiro atoms. The zero-order valence-corrected chi connectivity index (χ0v) is 14.2. The quantitative estimate of drug-likeness (QED) is 0.526. The van der Waals surface area contributed by atoms with Crippen molar-refractivity contribution in [3.05, 3.63) is 0 Å². The van der Waals surface area contributed by atoms with Gasteiger partial charge in [0, 0.05) is 0 Å². The summed E-state index contributed by atoms with van der Waals surface area (Å²) in [6.07, 6.45) is -0.786. The van der Waals surface area contributed by atoms with Crippen LogP contribution in [0.15, 0.2) is 0 Å². The Morgan fingerprint density at radius 3 is 1.43 bits per heavy atom. The zero-order chi connectivity index (χ0) is 17.0. The fraction of sp³-hybridized carbons (Fsp3) is 0.833. The van der Waals surface area contributed by atoms with Crippen LogP contribution in [0.25, 0.3) is 0 Å². The maximum absolute atomic E-state index is 11.9. The molecule has 0 aliphatic carbocycles. The fourth-order valence-electron chi connectivity index (χ4n) is 1.71. The Morgan fingerprint density at radius 2 is 1.24 bits per heavy atom. The SMILES string of the molecule is CC(C)OC(=O)[C@H](C)N([C@@H](C)C(=O)OC(C)C)P(N)(=O)O. The predicted molar refractivity (Wildman–Crippen MR) is 77.2 cm³/mol. The molecule has 3 atom stereocenters. The molecule has 0 aromatic heterocycles. The highest BCUT2D eigenvalue weighted by atomic mass is 31.2. The Bertz CT molecular complexity index is 392. The third kappa shape index (κ3) is 6.56. The van der Waals surface area contributed by atoms with Gasteiger partial charge in [-0.1, -0.05) is 0 Å². The molecule has 0 heterocycles. The maximum atomic E-state index is 11.9. The van der Waals surface area contributed by atoms with Crippen LogP contribution in [-0.4, -0.2) is 45.8 Å². The first-order chi connectivity index (χ1) is 9.37. The number of nitrogens with zero attached hydrogens (tertiary/aromatic N) is 1. The first-order valence-electron chi connectivity index (χ1n) is 6.69. The van der Waals surface area contributed by atoms with Crippen LogP contribution in [0.5, 0.6) is 0 Å². The van der Waals surface area contributed by atoms with Crippen molar-refractivity contribution < 1.29 is 28.5 Å². The summed E-state index contributed by atoms with van der Waals surface area (Å²) in [6.45, 7) is 9.27. The van der Waals surface area contributed by atoms with Gasteiger partial charge in [-0.05, 0) is 41.5 Å². The van der Waals surface area contributed by atoms with E-state index in [0.29, 0.717) is 0 Å². The summed E-state index contributed by atoms with van der Waals surface area (Å²) in [5.41, 5.74) is 5.24. The molecular weight excluding hydrogens is 299 g/mol. The second-order valence-electron chi connectivity index (χ2n) is 5.29. The van der Waals surface area contributed by atoms with Gasteiger partial charge >= 0.3 is 19.6 Å². The Balaban J connectivity index is 5.26. The van der Waals surface area contributed by atoms with Crippen molar-refractivity contribution in [1.82, 2.24) is 4.67 Å². The van der Waals surface area contributed by atoms with Crippen molar-refractivity contribution in [3.63, 3.8) is 0 Å². The van der Waals surface area contributed by atoms with Gasteiger partial charge in [0.25, 0.3) is 0 Å². The lowest BCUT2D eigenvalue weighted by Gasteiger charge is -2.33. The van der Waals surface area contributed by atoms with Gasteiger partial charge in [0.15, 0.2) is 0 Å². The van der Waals surface area contributed by atoms with E-state index in [2.05, 4.69) is 0 Å². The maximum Gasteiger partial charge on any atom is 0.339 e. The highest BCUT2D eigenvalue weighted by Gasteiger charge is 2.41. The van der Waals surface area contributed by atoms with E-state index in [1.165, 1.54) is 13.8 Å². The summed E-state index contributed by atoms with van der Waals surface area (Å²) in [5, 5.41) is 0. The van der Waals surface area contributed by atoms with Crippen LogP contribution in [0, 0.1) is 0 Å². The van der Waals surface area contributed by atoms with Gasteiger partial charge in [-0.15, -0.1) is 0 Å². The summed E-state index contributed by atoms with van der Waals surface area (Å²) in [7, 11) is -4.35. The molecule has 21 heavy (non-hydrogen) atoms. The van der Waals surface area contributed by atoms with Gasteiger partial charge in [0.1, 0.15) is 12.1 Å². The highest BCUT2D eigenvalue weighted by molar-refractivity contribution is 7.53. The number of carbonyl (C=O) groups excluding carboxylic acids is 2. The summed E-state index contributed by atoms with van der Waals surface area (Å²) in [6, 6.07) is -2.33. The van der Waals surface area contributed by atoms with E-state index >= 15 is 0 Å². The number of nitrogens with two attached hydrogens (primary N) is 1. The van der Waals surface area contributed by atoms with Crippen molar-refractivity contribution >= 4 is 19.6 Å². The van der Waals surface area contributed by atoms with Gasteiger partial charge in [0.05, 0.1) is 12.2 Å². The standard InChI is InChI=1S/C12H25N2O6P/c1-7(2)19-11(15)9(5)14(21(13,17)18)10(6)12(16)20-8(3)4/h7-10H,1-6H3,(H3,13,17,18)/t9-,10-/m0/s1. The molecule has 1 unspecified atom stereocenters. The van der Waals surface area contributed by atoms with Gasteiger partial charge in [0.2, 0.25) is 0 Å². The van der Waals surface area contributed by atoms with E-state index in [1.807, 2.05) is 0 Å². The van der Waals surface area contributed by atoms with Crippen LogP contribution in [0.2, 0.25) is 0 Å². The molecule has 0 fully saturated rings. The number of esters is 2. The Kier molecular flexibility index (Phi) is 7.53. The number of ether oxygens (including phenoxy) is 2. The molecule has 124 valence electrons. The first kappa shape index (κ1) is 20.1. The average Bonchev–Trinajstić information content (AvgIpc) is 2.24. The molecule has 0 bridgehead atoms. The third-order valence-electron chi connectivity index (χ3n) is 2.51. The van der Waals surface area contributed by atoms with Crippen molar-refractivity contribution in [2.24, 2.45) is 5.50 Å². The van der Waals surface area contributed by atoms with E-state index in [0.717, 1.165) is 4.67 Å². The monoisotopic (exact) mass is 324 g/mol. The van der Waals surface area contributed by atoms with Gasteiger partial charge in [-0.2, -0.15) is 4.67 Å². The molecule has 0 saturated carbocycles. The molecule has 0 aliphatic heterocycles. The molecule has 0 radical (unpaired) electrons. The number of rotatable bonds is 7. The van der Waals surface area contributed by atoms with E-state index < -0.39 is 43.9 Å². The molecule has 0 amide bonds. The predicted octanol–water partition coefficient (Wildman–Crippen LogP) is 1.03. The third-order valence-corrected chi connectivity index (χ3v) is 3.87. The van der Waals surface area contributed by atoms with E-state index in [1.54, 1.807) is 27.7 Å². The minimum Gasteiger partial charge on any atom is -0.462 e. The zero-order valence-electron chi connectivity index (χ0n) is 13.3. The van der Waals surface area contributed by atoms with Gasteiger partial charge < -0.3 is 14.4 Å².